The number of amides is 3. The van der Waals surface area contributed by atoms with Crippen molar-refractivity contribution in [2.24, 2.45) is 23.2 Å². The lowest BCUT2D eigenvalue weighted by Crippen LogP contribution is -2.57. The fourth-order valence-corrected chi connectivity index (χ4v) is 6.98. The number of anilines is 1. The molecule has 3 amide bonds. The van der Waals surface area contributed by atoms with E-state index in [0.717, 1.165) is 24.2 Å². The Balaban J connectivity index is 1.42. The molecule has 1 aliphatic heterocycles. The maximum Gasteiger partial charge on any atom is 0.257 e. The second-order valence-corrected chi connectivity index (χ2v) is 9.89. The van der Waals surface area contributed by atoms with Crippen LogP contribution in [0.4, 0.5) is 5.69 Å². The van der Waals surface area contributed by atoms with Gasteiger partial charge in [0.05, 0.1) is 29.2 Å². The van der Waals surface area contributed by atoms with Gasteiger partial charge >= 0.3 is 0 Å². The summed E-state index contributed by atoms with van der Waals surface area (Å²) in [7, 11) is 0. The molecule has 4 saturated carbocycles. The van der Waals surface area contributed by atoms with E-state index >= 15 is 0 Å². The average Bonchev–Trinajstić information content (AvgIpc) is 3.04. The molecular weight excluding hydrogens is 390 g/mol. The minimum absolute atomic E-state index is 0.00915. The van der Waals surface area contributed by atoms with Crippen LogP contribution in [0.5, 0.6) is 0 Å². The van der Waals surface area contributed by atoms with Crippen LogP contribution in [0.2, 0.25) is 0 Å². The predicted molar refractivity (Wildman–Crippen MR) is 115 cm³/mol. The fraction of sp³-hybridized carbons (Fsp3) is 0.520. The van der Waals surface area contributed by atoms with Crippen LogP contribution in [-0.2, 0) is 14.4 Å². The van der Waals surface area contributed by atoms with Gasteiger partial charge in [0.2, 0.25) is 11.8 Å². The van der Waals surface area contributed by atoms with E-state index in [9.17, 15) is 14.4 Å². The fourth-order valence-electron chi connectivity index (χ4n) is 6.98. The molecule has 5 fully saturated rings. The van der Waals surface area contributed by atoms with E-state index in [2.05, 4.69) is 6.58 Å². The summed E-state index contributed by atoms with van der Waals surface area (Å²) in [5.74, 6) is 1.23. The molecule has 5 aliphatic rings. The molecule has 6 heteroatoms. The van der Waals surface area contributed by atoms with Crippen molar-refractivity contribution in [1.82, 2.24) is 4.90 Å². The van der Waals surface area contributed by atoms with E-state index in [1.165, 1.54) is 19.3 Å². The smallest absolute Gasteiger partial charge is 0.257 e. The summed E-state index contributed by atoms with van der Waals surface area (Å²) in [6, 6.07) is 7.64. The number of imide groups is 1. The van der Waals surface area contributed by atoms with Gasteiger partial charge in [-0.1, -0.05) is 6.08 Å². The maximum absolute atomic E-state index is 13.9. The second-order valence-electron chi connectivity index (χ2n) is 9.89. The number of carbonyl (C=O) groups is 3. The Morgan fingerprint density at radius 2 is 1.71 bits per heavy atom. The highest BCUT2D eigenvalue weighted by atomic mass is 16.2. The van der Waals surface area contributed by atoms with Gasteiger partial charge in [-0.3, -0.25) is 14.4 Å². The normalized spacial score (nSPS) is 33.5. The van der Waals surface area contributed by atoms with Gasteiger partial charge in [-0.15, -0.1) is 6.58 Å². The lowest BCUT2D eigenvalue weighted by atomic mass is 9.49. The van der Waals surface area contributed by atoms with Crippen LogP contribution in [-0.4, -0.2) is 35.2 Å². The third-order valence-corrected chi connectivity index (χ3v) is 7.83. The lowest BCUT2D eigenvalue weighted by molar-refractivity contribution is -0.160. The summed E-state index contributed by atoms with van der Waals surface area (Å²) in [5.41, 5.74) is 0.533. The summed E-state index contributed by atoms with van der Waals surface area (Å²) >= 11 is 0. The monoisotopic (exact) mass is 417 g/mol. The van der Waals surface area contributed by atoms with Crippen LogP contribution in [0.3, 0.4) is 0 Å². The van der Waals surface area contributed by atoms with E-state index in [1.807, 2.05) is 6.07 Å². The average molecular weight is 418 g/mol. The Hall–Kier alpha value is -2.94. The lowest BCUT2D eigenvalue weighted by Gasteiger charge is -2.56. The van der Waals surface area contributed by atoms with Gasteiger partial charge in [0.15, 0.2) is 0 Å². The molecule has 0 radical (unpaired) electrons. The van der Waals surface area contributed by atoms with E-state index in [4.69, 9.17) is 5.26 Å². The van der Waals surface area contributed by atoms with Crippen LogP contribution in [0.1, 0.15) is 50.5 Å². The van der Waals surface area contributed by atoms with Crippen LogP contribution in [0.15, 0.2) is 36.9 Å². The van der Waals surface area contributed by atoms with E-state index in [-0.39, 0.29) is 36.1 Å². The number of benzene rings is 1. The summed E-state index contributed by atoms with van der Waals surface area (Å²) < 4.78 is 0. The molecule has 31 heavy (non-hydrogen) atoms. The molecular formula is C25H27N3O3. The van der Waals surface area contributed by atoms with Gasteiger partial charge in [0, 0.05) is 6.54 Å². The van der Waals surface area contributed by atoms with Gasteiger partial charge in [-0.05, 0) is 80.5 Å². The third kappa shape index (κ3) is 3.18. The van der Waals surface area contributed by atoms with Crippen molar-refractivity contribution in [3.05, 3.63) is 42.5 Å². The number of carbonyl (C=O) groups excluding carboxylic acids is 3. The Morgan fingerprint density at radius 3 is 2.23 bits per heavy atom. The number of nitriles is 1. The molecule has 160 valence electrons. The van der Waals surface area contributed by atoms with Gasteiger partial charge in [-0.2, -0.15) is 5.26 Å². The Labute approximate surface area is 182 Å². The highest BCUT2D eigenvalue weighted by molar-refractivity contribution is 6.23. The molecule has 6 nitrogen and oxygen atoms in total. The highest BCUT2D eigenvalue weighted by Gasteiger charge is 2.57. The Morgan fingerprint density at radius 1 is 1.13 bits per heavy atom. The van der Waals surface area contributed by atoms with Crippen LogP contribution in [0.25, 0.3) is 0 Å². The van der Waals surface area contributed by atoms with Gasteiger partial charge in [0.25, 0.3) is 5.91 Å². The molecule has 6 rings (SSSR count). The molecule has 1 aromatic rings. The molecule has 0 spiro atoms. The second kappa shape index (κ2) is 7.33. The van der Waals surface area contributed by atoms with E-state index in [1.54, 1.807) is 35.2 Å². The van der Waals surface area contributed by atoms with Crippen molar-refractivity contribution in [3.8, 4) is 6.07 Å². The molecule has 4 aliphatic carbocycles. The van der Waals surface area contributed by atoms with Crippen molar-refractivity contribution in [3.63, 3.8) is 0 Å². The van der Waals surface area contributed by atoms with Crippen molar-refractivity contribution in [2.45, 2.75) is 51.0 Å². The molecule has 0 aromatic heterocycles. The topological polar surface area (TPSA) is 81.5 Å². The number of hydrogen-bond acceptors (Lipinski definition) is 4. The minimum Gasteiger partial charge on any atom is -0.326 e. The summed E-state index contributed by atoms with van der Waals surface area (Å²) in [4.78, 5) is 42.8. The van der Waals surface area contributed by atoms with E-state index < -0.39 is 6.04 Å². The third-order valence-electron chi connectivity index (χ3n) is 7.83. The first-order valence-electron chi connectivity index (χ1n) is 11.2. The number of nitrogens with zero attached hydrogens (tertiary/aromatic N) is 3. The zero-order valence-electron chi connectivity index (χ0n) is 17.6. The van der Waals surface area contributed by atoms with Gasteiger partial charge < -0.3 is 4.90 Å². The van der Waals surface area contributed by atoms with Crippen molar-refractivity contribution in [1.29, 1.82) is 5.26 Å². The molecule has 0 N–H and O–H groups in total. The number of hydrogen-bond donors (Lipinski definition) is 0. The van der Waals surface area contributed by atoms with Crippen molar-refractivity contribution >= 4 is 23.4 Å². The molecule has 1 heterocycles. The standard InChI is InChI=1S/C25H27N3O3/c1-2-7-27(24(31)25-12-17-8-18(13-25)10-19(9-17)14-25)21-11-22(29)28(23(21)30)20-5-3-16(15-26)4-6-20/h2-6,17-19,21H,1,7-14H2. The SMILES string of the molecule is C=CCN(C(=O)C12CC3CC(CC(C3)C1)C2)C1CC(=O)N(c2ccc(C#N)cc2)C1=O. The Kier molecular flexibility index (Phi) is 4.73. The molecule has 4 bridgehead atoms. The molecule has 1 atom stereocenters. The van der Waals surface area contributed by atoms with Gasteiger partial charge in [-0.25, -0.2) is 4.90 Å². The van der Waals surface area contributed by atoms with Crippen molar-refractivity contribution < 1.29 is 14.4 Å². The first-order chi connectivity index (χ1) is 14.9. The minimum atomic E-state index is -0.790. The van der Waals surface area contributed by atoms with Crippen LogP contribution in [0, 0.1) is 34.5 Å². The zero-order valence-corrected chi connectivity index (χ0v) is 17.6. The van der Waals surface area contributed by atoms with Crippen molar-refractivity contribution in [2.75, 3.05) is 11.4 Å². The molecule has 1 saturated heterocycles. The summed E-state index contributed by atoms with van der Waals surface area (Å²) in [6.07, 6.45) is 8.11. The molecule has 1 aromatic carbocycles. The Bertz CT molecular complexity index is 955. The highest BCUT2D eigenvalue weighted by Crippen LogP contribution is 2.60. The first-order valence-corrected chi connectivity index (χ1v) is 11.2. The maximum atomic E-state index is 13.9. The van der Waals surface area contributed by atoms with Crippen LogP contribution >= 0.6 is 0 Å². The molecule has 1 unspecified atom stereocenters. The summed E-state index contributed by atoms with van der Waals surface area (Å²) in [5, 5.41) is 9.00. The quantitative estimate of drug-likeness (QED) is 0.543. The largest absolute Gasteiger partial charge is 0.326 e. The first kappa shape index (κ1) is 20.0. The van der Waals surface area contributed by atoms with Crippen LogP contribution < -0.4 is 4.90 Å². The van der Waals surface area contributed by atoms with Gasteiger partial charge in [0.1, 0.15) is 6.04 Å². The number of rotatable bonds is 5. The van der Waals surface area contributed by atoms with E-state index in [0.29, 0.717) is 29.0 Å². The summed E-state index contributed by atoms with van der Waals surface area (Å²) in [6.45, 7) is 4.08. The predicted octanol–water partition coefficient (Wildman–Crippen LogP) is 3.42. The zero-order chi connectivity index (χ0) is 21.8.